The predicted molar refractivity (Wildman–Crippen MR) is 77.8 cm³/mol. The lowest BCUT2D eigenvalue weighted by molar-refractivity contribution is -0.384. The van der Waals surface area contributed by atoms with Crippen LogP contribution in [-0.2, 0) is 4.79 Å². The van der Waals surface area contributed by atoms with E-state index < -0.39 is 10.8 Å². The van der Waals surface area contributed by atoms with E-state index in [1.54, 1.807) is 6.07 Å². The van der Waals surface area contributed by atoms with Gasteiger partial charge in [0.2, 0.25) is 5.88 Å². The summed E-state index contributed by atoms with van der Waals surface area (Å²) in [6.07, 6.45) is 0. The van der Waals surface area contributed by atoms with E-state index >= 15 is 0 Å². The van der Waals surface area contributed by atoms with Crippen LogP contribution in [0.2, 0.25) is 0 Å². The van der Waals surface area contributed by atoms with Crippen LogP contribution in [0.3, 0.4) is 0 Å². The number of hydrogen-bond acceptors (Lipinski definition) is 6. The van der Waals surface area contributed by atoms with Crippen molar-refractivity contribution in [3.05, 3.63) is 46.1 Å². The highest BCUT2D eigenvalue weighted by molar-refractivity contribution is 5.90. The van der Waals surface area contributed by atoms with Crippen molar-refractivity contribution >= 4 is 17.5 Å². The van der Waals surface area contributed by atoms with Gasteiger partial charge in [0.25, 0.3) is 11.6 Å². The Hall–Kier alpha value is -2.90. The second kappa shape index (κ2) is 6.70. The topological polar surface area (TPSA) is 108 Å². The molecule has 0 atom stereocenters. The third-order valence-electron chi connectivity index (χ3n) is 2.78. The van der Waals surface area contributed by atoms with Gasteiger partial charge < -0.3 is 9.26 Å². The van der Waals surface area contributed by atoms with E-state index in [9.17, 15) is 14.9 Å². The SMILES string of the molecule is CC(C)c1cc(NC(=O)COc2cccc([N+](=O)[O-])c2)on1. The Labute approximate surface area is 126 Å². The number of nitro groups is 1. The van der Waals surface area contributed by atoms with Crippen LogP contribution >= 0.6 is 0 Å². The number of carbonyl (C=O) groups is 1. The predicted octanol–water partition coefficient (Wildman–Crippen LogP) is 2.72. The minimum atomic E-state index is -0.533. The maximum atomic E-state index is 11.7. The molecular weight excluding hydrogens is 290 g/mol. The number of carbonyl (C=O) groups excluding carboxylic acids is 1. The second-order valence-electron chi connectivity index (χ2n) is 4.86. The van der Waals surface area contributed by atoms with Crippen LogP contribution in [-0.4, -0.2) is 22.6 Å². The van der Waals surface area contributed by atoms with Gasteiger partial charge in [0, 0.05) is 12.1 Å². The van der Waals surface area contributed by atoms with Gasteiger partial charge in [-0.2, -0.15) is 0 Å². The summed E-state index contributed by atoms with van der Waals surface area (Å²) in [5.41, 5.74) is 0.629. The summed E-state index contributed by atoms with van der Waals surface area (Å²) in [7, 11) is 0. The van der Waals surface area contributed by atoms with Crippen molar-refractivity contribution in [2.75, 3.05) is 11.9 Å². The molecule has 0 aliphatic rings. The molecule has 22 heavy (non-hydrogen) atoms. The molecule has 1 aromatic heterocycles. The number of non-ortho nitro benzene ring substituents is 1. The molecule has 1 heterocycles. The molecule has 2 rings (SSSR count). The number of aromatic nitrogens is 1. The van der Waals surface area contributed by atoms with E-state index in [0.29, 0.717) is 0 Å². The number of benzene rings is 1. The molecule has 1 N–H and O–H groups in total. The lowest BCUT2D eigenvalue weighted by Crippen LogP contribution is -2.19. The van der Waals surface area contributed by atoms with E-state index in [1.807, 2.05) is 13.8 Å². The molecule has 1 amide bonds. The first-order chi connectivity index (χ1) is 10.5. The van der Waals surface area contributed by atoms with E-state index in [2.05, 4.69) is 10.5 Å². The van der Waals surface area contributed by atoms with Crippen LogP contribution in [0.15, 0.2) is 34.9 Å². The average molecular weight is 305 g/mol. The van der Waals surface area contributed by atoms with Gasteiger partial charge in [-0.25, -0.2) is 0 Å². The van der Waals surface area contributed by atoms with Gasteiger partial charge in [-0.1, -0.05) is 25.1 Å². The number of nitrogens with zero attached hydrogens (tertiary/aromatic N) is 2. The molecule has 0 fully saturated rings. The summed E-state index contributed by atoms with van der Waals surface area (Å²) in [4.78, 5) is 21.8. The normalized spacial score (nSPS) is 10.5. The van der Waals surface area contributed by atoms with Gasteiger partial charge in [-0.05, 0) is 12.0 Å². The third-order valence-corrected chi connectivity index (χ3v) is 2.78. The minimum Gasteiger partial charge on any atom is -0.484 e. The van der Waals surface area contributed by atoms with E-state index in [0.717, 1.165) is 5.69 Å². The molecule has 0 aliphatic heterocycles. The van der Waals surface area contributed by atoms with Crippen molar-refractivity contribution in [1.82, 2.24) is 5.16 Å². The summed E-state index contributed by atoms with van der Waals surface area (Å²) < 4.78 is 10.2. The summed E-state index contributed by atoms with van der Waals surface area (Å²) in [5.74, 6) is 0.217. The highest BCUT2D eigenvalue weighted by atomic mass is 16.6. The fourth-order valence-electron chi connectivity index (χ4n) is 1.63. The number of nitrogens with one attached hydrogen (secondary N) is 1. The molecule has 0 radical (unpaired) electrons. The van der Waals surface area contributed by atoms with E-state index in [1.165, 1.54) is 24.3 Å². The number of nitro benzene ring substituents is 1. The van der Waals surface area contributed by atoms with Crippen molar-refractivity contribution in [3.8, 4) is 5.75 Å². The first-order valence-electron chi connectivity index (χ1n) is 6.59. The minimum absolute atomic E-state index is 0.102. The highest BCUT2D eigenvalue weighted by Crippen LogP contribution is 2.19. The summed E-state index contributed by atoms with van der Waals surface area (Å²) in [6, 6.07) is 7.24. The molecule has 0 unspecified atom stereocenters. The second-order valence-corrected chi connectivity index (χ2v) is 4.86. The standard InChI is InChI=1S/C14H15N3O5/c1-9(2)12-7-14(22-16-12)15-13(18)8-21-11-5-3-4-10(6-11)17(19)20/h3-7,9H,8H2,1-2H3,(H,15,18). The first-order valence-corrected chi connectivity index (χ1v) is 6.59. The molecule has 0 saturated carbocycles. The van der Waals surface area contributed by atoms with Crippen LogP contribution in [0, 0.1) is 10.1 Å². The maximum absolute atomic E-state index is 11.7. The Kier molecular flexibility index (Phi) is 4.72. The van der Waals surface area contributed by atoms with Crippen molar-refractivity contribution in [3.63, 3.8) is 0 Å². The van der Waals surface area contributed by atoms with Crippen molar-refractivity contribution in [2.45, 2.75) is 19.8 Å². The Balaban J connectivity index is 1.89. The van der Waals surface area contributed by atoms with Gasteiger partial charge in [0.15, 0.2) is 6.61 Å². The van der Waals surface area contributed by atoms with Gasteiger partial charge in [0.1, 0.15) is 5.75 Å². The monoisotopic (exact) mass is 305 g/mol. The molecule has 8 heteroatoms. The maximum Gasteiger partial charge on any atom is 0.273 e. The Bertz CT molecular complexity index is 681. The third kappa shape index (κ3) is 4.05. The van der Waals surface area contributed by atoms with Crippen LogP contribution in [0.25, 0.3) is 0 Å². The molecule has 8 nitrogen and oxygen atoms in total. The van der Waals surface area contributed by atoms with Crippen molar-refractivity contribution in [1.29, 1.82) is 0 Å². The van der Waals surface area contributed by atoms with Crippen molar-refractivity contribution in [2.24, 2.45) is 0 Å². The molecule has 0 spiro atoms. The molecular formula is C14H15N3O5. The number of amides is 1. The number of hydrogen-bond donors (Lipinski definition) is 1. The Morgan fingerprint density at radius 1 is 1.45 bits per heavy atom. The average Bonchev–Trinajstić information content (AvgIpc) is 2.94. The zero-order valence-electron chi connectivity index (χ0n) is 12.1. The van der Waals surface area contributed by atoms with E-state index in [-0.39, 0.29) is 29.8 Å². The summed E-state index contributed by atoms with van der Waals surface area (Å²) >= 11 is 0. The fourth-order valence-corrected chi connectivity index (χ4v) is 1.63. The number of ether oxygens (including phenoxy) is 1. The first kappa shape index (κ1) is 15.5. The van der Waals surface area contributed by atoms with Crippen LogP contribution in [0.1, 0.15) is 25.5 Å². The molecule has 0 saturated heterocycles. The van der Waals surface area contributed by atoms with Crippen LogP contribution in [0.4, 0.5) is 11.6 Å². The molecule has 116 valence electrons. The summed E-state index contributed by atoms with van der Waals surface area (Å²) in [6.45, 7) is 3.61. The molecule has 2 aromatic rings. The molecule has 0 bridgehead atoms. The number of anilines is 1. The summed E-state index contributed by atoms with van der Waals surface area (Å²) in [5, 5.41) is 17.0. The Morgan fingerprint density at radius 3 is 2.86 bits per heavy atom. The zero-order chi connectivity index (χ0) is 16.1. The molecule has 0 aliphatic carbocycles. The zero-order valence-corrected chi connectivity index (χ0v) is 12.1. The Morgan fingerprint density at radius 2 is 2.23 bits per heavy atom. The van der Waals surface area contributed by atoms with Crippen molar-refractivity contribution < 1.29 is 19.0 Å². The smallest absolute Gasteiger partial charge is 0.273 e. The quantitative estimate of drug-likeness (QED) is 0.649. The number of rotatable bonds is 6. The lowest BCUT2D eigenvalue weighted by Gasteiger charge is -2.05. The fraction of sp³-hybridized carbons (Fsp3) is 0.286. The van der Waals surface area contributed by atoms with Crippen LogP contribution in [0.5, 0.6) is 5.75 Å². The largest absolute Gasteiger partial charge is 0.484 e. The van der Waals surface area contributed by atoms with Gasteiger partial charge in [-0.3, -0.25) is 20.2 Å². The highest BCUT2D eigenvalue weighted by Gasteiger charge is 2.12. The van der Waals surface area contributed by atoms with Gasteiger partial charge in [-0.15, -0.1) is 0 Å². The van der Waals surface area contributed by atoms with Gasteiger partial charge >= 0.3 is 0 Å². The van der Waals surface area contributed by atoms with E-state index in [4.69, 9.17) is 9.26 Å². The lowest BCUT2D eigenvalue weighted by atomic mass is 10.1. The van der Waals surface area contributed by atoms with Crippen LogP contribution < -0.4 is 10.1 Å². The van der Waals surface area contributed by atoms with Gasteiger partial charge in [0.05, 0.1) is 16.7 Å². The molecule has 1 aromatic carbocycles.